The predicted octanol–water partition coefficient (Wildman–Crippen LogP) is 1.43. The molecule has 4 rings (SSSR count). The van der Waals surface area contributed by atoms with E-state index < -0.39 is 89.4 Å². The number of carbonyl (C=O) groups excluding carboxylic acids is 9. The van der Waals surface area contributed by atoms with Crippen molar-refractivity contribution in [2.75, 3.05) is 6.54 Å². The minimum Gasteiger partial charge on any atom is -0.461 e. The Balaban J connectivity index is 1.78. The molecule has 0 saturated heterocycles. The van der Waals surface area contributed by atoms with Crippen molar-refractivity contribution in [1.82, 2.24) is 26.6 Å². The summed E-state index contributed by atoms with van der Waals surface area (Å²) < 4.78 is 10.7. The Kier molecular flexibility index (Phi) is 20.2. The van der Waals surface area contributed by atoms with Gasteiger partial charge in [0.1, 0.15) is 24.2 Å². The Morgan fingerprint density at radius 2 is 1.05 bits per heavy atom. The van der Waals surface area contributed by atoms with Crippen molar-refractivity contribution in [3.63, 3.8) is 0 Å². The minimum atomic E-state index is -1.46. The predicted molar refractivity (Wildman–Crippen MR) is 220 cm³/mol. The van der Waals surface area contributed by atoms with Crippen molar-refractivity contribution in [2.45, 2.75) is 167 Å². The average molecular weight is 870 g/mol. The molecule has 0 aromatic rings. The largest absolute Gasteiger partial charge is 0.461 e. The van der Waals surface area contributed by atoms with Crippen LogP contribution in [0.15, 0.2) is 0 Å². The SMILES string of the molecule is CC(=O)NCCCC[C@H](NC(=O)C12CC3CC(CC(C3)C1)C2)C(=O)N[C@@H](CCC(=O)N[C@@H](CCC(=O)C=[N+]=[N-])C(=O)N[C@@H](CCC(=O)C=[N+]=[N-])C(=O)OC(C)C)C(=O)OC(C)C. The van der Waals surface area contributed by atoms with Gasteiger partial charge in [0.25, 0.3) is 0 Å². The van der Waals surface area contributed by atoms with Crippen molar-refractivity contribution in [3.8, 4) is 0 Å². The lowest BCUT2D eigenvalue weighted by Gasteiger charge is -2.55. The molecule has 0 radical (unpaired) electrons. The van der Waals surface area contributed by atoms with E-state index in [2.05, 4.69) is 36.2 Å². The monoisotopic (exact) mass is 869 g/mol. The lowest BCUT2D eigenvalue weighted by atomic mass is 9.49. The number of rotatable bonds is 27. The van der Waals surface area contributed by atoms with Crippen molar-refractivity contribution in [3.05, 3.63) is 11.1 Å². The van der Waals surface area contributed by atoms with Crippen LogP contribution in [-0.4, -0.2) is 118 Å². The van der Waals surface area contributed by atoms with E-state index >= 15 is 0 Å². The molecule has 4 aliphatic carbocycles. The van der Waals surface area contributed by atoms with Gasteiger partial charge >= 0.3 is 24.4 Å². The topological polar surface area (TPSA) is 305 Å². The Morgan fingerprint density at radius 1 is 0.613 bits per heavy atom. The molecule has 4 fully saturated rings. The van der Waals surface area contributed by atoms with Crippen LogP contribution in [0.3, 0.4) is 0 Å². The molecule has 4 aliphatic rings. The number of hydrogen-bond acceptors (Lipinski definition) is 11. The van der Waals surface area contributed by atoms with Gasteiger partial charge in [-0.15, -0.1) is 0 Å². The molecule has 0 aromatic carbocycles. The van der Waals surface area contributed by atoms with E-state index in [-0.39, 0.29) is 50.3 Å². The number of hydrogen-bond donors (Lipinski definition) is 5. The van der Waals surface area contributed by atoms with Crippen LogP contribution in [0.25, 0.3) is 11.1 Å². The summed E-state index contributed by atoms with van der Waals surface area (Å²) in [6.45, 7) is 8.13. The highest BCUT2D eigenvalue weighted by Gasteiger charge is 2.55. The lowest BCUT2D eigenvalue weighted by Crippen LogP contribution is -2.58. The number of carbonyl (C=O) groups is 9. The zero-order chi connectivity index (χ0) is 46.0. The molecule has 5 amide bonds. The Bertz CT molecular complexity index is 1740. The highest BCUT2D eigenvalue weighted by atomic mass is 16.5. The molecule has 0 aromatic heterocycles. The molecule has 20 heteroatoms. The average Bonchev–Trinajstić information content (AvgIpc) is 3.17. The fraction of sp³-hybridized carbons (Fsp3) is 0.738. The Hall–Kier alpha value is -5.61. The van der Waals surface area contributed by atoms with E-state index in [1.54, 1.807) is 27.7 Å². The molecule has 0 heterocycles. The van der Waals surface area contributed by atoms with E-state index in [1.807, 2.05) is 0 Å². The fourth-order valence-corrected chi connectivity index (χ4v) is 9.02. The summed E-state index contributed by atoms with van der Waals surface area (Å²) in [4.78, 5) is 122. The first kappa shape index (κ1) is 50.7. The normalized spacial score (nSPS) is 21.4. The third-order valence-electron chi connectivity index (χ3n) is 11.4. The van der Waals surface area contributed by atoms with Crippen LogP contribution in [0.5, 0.6) is 0 Å². The van der Waals surface area contributed by atoms with Gasteiger partial charge in [-0.1, -0.05) is 0 Å². The summed E-state index contributed by atoms with van der Waals surface area (Å²) in [5.41, 5.74) is 16.9. The van der Waals surface area contributed by atoms with Crippen LogP contribution < -0.4 is 26.6 Å². The van der Waals surface area contributed by atoms with Gasteiger partial charge in [-0.3, -0.25) is 33.6 Å². The summed E-state index contributed by atoms with van der Waals surface area (Å²) >= 11 is 0. The molecule has 4 atom stereocenters. The van der Waals surface area contributed by atoms with Gasteiger partial charge in [0.05, 0.1) is 12.2 Å². The number of ketones is 2. The van der Waals surface area contributed by atoms with Crippen molar-refractivity contribution < 1.29 is 62.2 Å². The van der Waals surface area contributed by atoms with Gasteiger partial charge in [0.2, 0.25) is 41.1 Å². The third-order valence-corrected chi connectivity index (χ3v) is 11.4. The summed E-state index contributed by atoms with van der Waals surface area (Å²) in [6, 6.07) is -5.24. The molecule has 342 valence electrons. The highest BCUT2D eigenvalue weighted by Crippen LogP contribution is 2.60. The molecule has 0 unspecified atom stereocenters. The maximum Gasteiger partial charge on any atom is 0.328 e. The number of esters is 2. The number of nitrogens with zero attached hydrogens (tertiary/aromatic N) is 4. The van der Waals surface area contributed by atoms with Gasteiger partial charge in [-0.2, -0.15) is 9.58 Å². The number of unbranched alkanes of at least 4 members (excludes halogenated alkanes) is 1. The van der Waals surface area contributed by atoms with Gasteiger partial charge in [0, 0.05) is 38.1 Å². The van der Waals surface area contributed by atoms with Crippen molar-refractivity contribution in [2.24, 2.45) is 23.2 Å². The smallest absolute Gasteiger partial charge is 0.328 e. The molecule has 0 aliphatic heterocycles. The second kappa shape index (κ2) is 24.7. The van der Waals surface area contributed by atoms with Gasteiger partial charge in [-0.25, -0.2) is 9.59 Å². The van der Waals surface area contributed by atoms with Crippen molar-refractivity contribution in [1.29, 1.82) is 0 Å². The van der Waals surface area contributed by atoms with E-state index in [0.717, 1.165) is 38.5 Å². The maximum atomic E-state index is 14.1. The molecule has 62 heavy (non-hydrogen) atoms. The van der Waals surface area contributed by atoms with E-state index in [0.29, 0.717) is 49.6 Å². The van der Waals surface area contributed by atoms with Gasteiger partial charge in [-0.05, 0) is 122 Å². The number of nitrogens with one attached hydrogen (secondary N) is 5. The summed E-state index contributed by atoms with van der Waals surface area (Å²) in [6.07, 6.45) is 4.87. The summed E-state index contributed by atoms with van der Waals surface area (Å²) in [5, 5.41) is 13.4. The molecule has 4 bridgehead atoms. The standard InChI is InChI=1S/C42H63N9O11/c1-24(2)61-39(58)34(12-10-31(54)23-47-44)49-38(57)33(11-9-30(53)22-46-43)48-36(55)14-13-35(40(59)62-25(3)4)50-37(56)32(8-6-7-15-45-26(5)52)51-41(60)42-19-27-16-28(20-42)18-29(17-27)21-42/h22-25,27-29,32-35H,6-21H2,1-5H3,(H,45,52)(H,48,55)(H,49,57)(H,50,56)(H,51,60)/t27?,28?,29?,32-,33-,34-,35-,42?/m0/s1. The molecule has 5 N–H and O–H groups in total. The molecule has 4 saturated carbocycles. The highest BCUT2D eigenvalue weighted by molar-refractivity contribution is 6.25. The minimum absolute atomic E-state index is 0.183. The first-order valence-corrected chi connectivity index (χ1v) is 21.6. The van der Waals surface area contributed by atoms with Crippen molar-refractivity contribution >= 4 is 65.5 Å². The second-order valence-corrected chi connectivity index (χ2v) is 17.5. The summed E-state index contributed by atoms with van der Waals surface area (Å²) in [7, 11) is 0. The van der Waals surface area contributed by atoms with Crippen LogP contribution in [0.2, 0.25) is 0 Å². The van der Waals surface area contributed by atoms with E-state index in [9.17, 15) is 43.2 Å². The van der Waals surface area contributed by atoms with Crippen LogP contribution in [-0.2, 0) is 52.6 Å². The van der Waals surface area contributed by atoms with Crippen LogP contribution in [0, 0.1) is 23.2 Å². The zero-order valence-electron chi connectivity index (χ0n) is 36.4. The molecule has 20 nitrogen and oxygen atoms in total. The van der Waals surface area contributed by atoms with Gasteiger partial charge in [0.15, 0.2) is 0 Å². The molecular weight excluding hydrogens is 807 g/mol. The fourth-order valence-electron chi connectivity index (χ4n) is 9.02. The summed E-state index contributed by atoms with van der Waals surface area (Å²) in [5.74, 6) is -4.40. The van der Waals surface area contributed by atoms with E-state index in [4.69, 9.17) is 20.5 Å². The third kappa shape index (κ3) is 16.7. The Labute approximate surface area is 361 Å². The van der Waals surface area contributed by atoms with Crippen LogP contribution >= 0.6 is 0 Å². The zero-order valence-corrected chi connectivity index (χ0v) is 36.4. The van der Waals surface area contributed by atoms with E-state index in [1.165, 1.54) is 6.92 Å². The number of amides is 5. The molecule has 0 spiro atoms. The number of ether oxygens (including phenoxy) is 2. The van der Waals surface area contributed by atoms with Crippen LogP contribution in [0.1, 0.15) is 131 Å². The second-order valence-electron chi connectivity index (χ2n) is 17.5. The quantitative estimate of drug-likeness (QED) is 0.0259. The maximum absolute atomic E-state index is 14.1. The first-order chi connectivity index (χ1) is 29.3. The lowest BCUT2D eigenvalue weighted by molar-refractivity contribution is -0.152. The Morgan fingerprint density at radius 3 is 1.48 bits per heavy atom. The number of Topliss-reactive ketones (excluding diaryl/α,β-unsaturated/α-hetero) is 2. The van der Waals surface area contributed by atoms with Crippen LogP contribution in [0.4, 0.5) is 0 Å². The first-order valence-electron chi connectivity index (χ1n) is 21.6. The molecular formula is C42H63N9O11. The van der Waals surface area contributed by atoms with Gasteiger partial charge < -0.3 is 47.1 Å².